The number of rotatable bonds is 5. The molecule has 1 amide bonds. The number of aryl methyl sites for hydroxylation is 1. The molecule has 0 aliphatic heterocycles. The molecule has 19 heavy (non-hydrogen) atoms. The van der Waals surface area contributed by atoms with E-state index in [9.17, 15) is 4.79 Å². The van der Waals surface area contributed by atoms with Crippen LogP contribution >= 0.6 is 27.3 Å². The lowest BCUT2D eigenvalue weighted by Gasteiger charge is -2.15. The van der Waals surface area contributed by atoms with Gasteiger partial charge in [-0.15, -0.1) is 11.3 Å². The third-order valence-corrected chi connectivity index (χ3v) is 4.59. The molecule has 0 aliphatic carbocycles. The van der Waals surface area contributed by atoms with Crippen molar-refractivity contribution in [2.45, 2.75) is 19.4 Å². The van der Waals surface area contributed by atoms with Gasteiger partial charge in [-0.25, -0.2) is 0 Å². The lowest BCUT2D eigenvalue weighted by Crippen LogP contribution is -2.37. The smallest absolute Gasteiger partial charge is 0.261 e. The van der Waals surface area contributed by atoms with Gasteiger partial charge in [-0.3, -0.25) is 4.79 Å². The highest BCUT2D eigenvalue weighted by Gasteiger charge is 2.14. The third kappa shape index (κ3) is 4.18. The van der Waals surface area contributed by atoms with E-state index in [1.165, 1.54) is 16.9 Å². The highest BCUT2D eigenvalue weighted by Crippen LogP contribution is 2.15. The fourth-order valence-electron chi connectivity index (χ4n) is 1.86. The molecule has 1 aromatic carbocycles. The summed E-state index contributed by atoms with van der Waals surface area (Å²) in [7, 11) is 0. The molecule has 0 saturated heterocycles. The van der Waals surface area contributed by atoms with Crippen molar-refractivity contribution in [3.05, 3.63) is 57.8 Å². The van der Waals surface area contributed by atoms with Crippen molar-refractivity contribution in [2.24, 2.45) is 0 Å². The molecular weight excluding hydrogens is 322 g/mol. The minimum absolute atomic E-state index is 0.0125. The summed E-state index contributed by atoms with van der Waals surface area (Å²) in [5.74, 6) is 0.0125. The fourth-order valence-corrected chi connectivity index (χ4v) is 3.02. The second kappa shape index (κ2) is 6.87. The van der Waals surface area contributed by atoms with Crippen molar-refractivity contribution in [2.75, 3.05) is 5.33 Å². The van der Waals surface area contributed by atoms with Gasteiger partial charge in [0.15, 0.2) is 0 Å². The predicted octanol–water partition coefficient (Wildman–Crippen LogP) is 3.79. The number of nitrogens with one attached hydrogen (secondary N) is 1. The molecule has 4 heteroatoms. The first-order valence-electron chi connectivity index (χ1n) is 6.16. The summed E-state index contributed by atoms with van der Waals surface area (Å²) in [6.45, 7) is 2.01. The molecule has 1 unspecified atom stereocenters. The summed E-state index contributed by atoms with van der Waals surface area (Å²) >= 11 is 5.00. The van der Waals surface area contributed by atoms with Crippen LogP contribution in [0.5, 0.6) is 0 Å². The molecule has 1 N–H and O–H groups in total. The minimum Gasteiger partial charge on any atom is -0.347 e. The first kappa shape index (κ1) is 14.3. The highest BCUT2D eigenvalue weighted by atomic mass is 79.9. The lowest BCUT2D eigenvalue weighted by atomic mass is 10.1. The van der Waals surface area contributed by atoms with Crippen LogP contribution in [0.25, 0.3) is 0 Å². The van der Waals surface area contributed by atoms with Gasteiger partial charge in [0.25, 0.3) is 5.91 Å². The zero-order valence-electron chi connectivity index (χ0n) is 10.7. The molecule has 0 bridgehead atoms. The Morgan fingerprint density at radius 3 is 2.58 bits per heavy atom. The average molecular weight is 338 g/mol. The molecular formula is C15H16BrNOS. The van der Waals surface area contributed by atoms with E-state index >= 15 is 0 Å². The van der Waals surface area contributed by atoms with E-state index in [1.807, 2.05) is 37.3 Å². The number of hydrogen-bond acceptors (Lipinski definition) is 2. The Morgan fingerprint density at radius 1 is 1.26 bits per heavy atom. The molecule has 100 valence electrons. The van der Waals surface area contributed by atoms with Crippen LogP contribution in [0.1, 0.15) is 20.1 Å². The van der Waals surface area contributed by atoms with E-state index in [0.29, 0.717) is 0 Å². The maximum absolute atomic E-state index is 12.1. The van der Waals surface area contributed by atoms with Gasteiger partial charge in [-0.2, -0.15) is 0 Å². The molecule has 0 spiro atoms. The molecule has 0 aliphatic rings. The van der Waals surface area contributed by atoms with Gasteiger partial charge in [-0.05, 0) is 31.0 Å². The number of carbonyl (C=O) groups excluding carboxylic acids is 1. The van der Waals surface area contributed by atoms with E-state index in [0.717, 1.165) is 21.5 Å². The topological polar surface area (TPSA) is 29.1 Å². The van der Waals surface area contributed by atoms with Gasteiger partial charge in [0.05, 0.1) is 4.88 Å². The maximum atomic E-state index is 12.1. The Hall–Kier alpha value is -1.13. The first-order chi connectivity index (χ1) is 9.19. The van der Waals surface area contributed by atoms with Gasteiger partial charge in [0.1, 0.15) is 0 Å². The minimum atomic E-state index is 0.0125. The summed E-state index contributed by atoms with van der Waals surface area (Å²) in [5, 5.41) is 3.82. The van der Waals surface area contributed by atoms with Crippen LogP contribution in [0.4, 0.5) is 0 Å². The zero-order valence-corrected chi connectivity index (χ0v) is 13.1. The summed E-state index contributed by atoms with van der Waals surface area (Å²) in [6, 6.07) is 14.2. The molecule has 2 rings (SSSR count). The zero-order chi connectivity index (χ0) is 13.7. The van der Waals surface area contributed by atoms with Gasteiger partial charge in [0.2, 0.25) is 0 Å². The van der Waals surface area contributed by atoms with E-state index in [2.05, 4.69) is 33.4 Å². The van der Waals surface area contributed by atoms with E-state index in [-0.39, 0.29) is 11.9 Å². The van der Waals surface area contributed by atoms with E-state index in [4.69, 9.17) is 0 Å². The van der Waals surface area contributed by atoms with Crippen molar-refractivity contribution < 1.29 is 4.79 Å². The fraction of sp³-hybridized carbons (Fsp3) is 0.267. The maximum Gasteiger partial charge on any atom is 0.261 e. The summed E-state index contributed by atoms with van der Waals surface area (Å²) < 4.78 is 0. The number of thiophene rings is 1. The molecule has 0 fully saturated rings. The van der Waals surface area contributed by atoms with Gasteiger partial charge in [-0.1, -0.05) is 46.3 Å². The number of halogens is 1. The molecule has 0 saturated carbocycles. The van der Waals surface area contributed by atoms with Crippen LogP contribution in [-0.4, -0.2) is 17.3 Å². The standard InChI is InChI=1S/C15H16BrNOS/c1-11-7-8-14(19-11)15(18)17-13(10-16)9-12-5-3-2-4-6-12/h2-8,13H,9-10H2,1H3,(H,17,18). The van der Waals surface area contributed by atoms with Crippen molar-refractivity contribution in [3.63, 3.8) is 0 Å². The Kier molecular flexibility index (Phi) is 5.16. The Labute approximate surface area is 126 Å². The quantitative estimate of drug-likeness (QED) is 0.826. The van der Waals surface area contributed by atoms with Gasteiger partial charge >= 0.3 is 0 Å². The van der Waals surface area contributed by atoms with Crippen LogP contribution < -0.4 is 5.32 Å². The molecule has 1 heterocycles. The Balaban J connectivity index is 1.97. The van der Waals surface area contributed by atoms with Crippen molar-refractivity contribution >= 4 is 33.2 Å². The summed E-state index contributed by atoms with van der Waals surface area (Å²) in [5.41, 5.74) is 1.23. The van der Waals surface area contributed by atoms with Crippen LogP contribution in [0.3, 0.4) is 0 Å². The SMILES string of the molecule is Cc1ccc(C(=O)NC(CBr)Cc2ccccc2)s1. The van der Waals surface area contributed by atoms with Crippen molar-refractivity contribution in [1.82, 2.24) is 5.32 Å². The summed E-state index contributed by atoms with van der Waals surface area (Å²) in [4.78, 5) is 14.0. The second-order valence-electron chi connectivity index (χ2n) is 4.42. The number of amides is 1. The number of benzene rings is 1. The lowest BCUT2D eigenvalue weighted by molar-refractivity contribution is 0.0945. The van der Waals surface area contributed by atoms with Crippen LogP contribution in [0.2, 0.25) is 0 Å². The summed E-state index contributed by atoms with van der Waals surface area (Å²) in [6.07, 6.45) is 0.836. The molecule has 2 aromatic rings. The molecule has 0 radical (unpaired) electrons. The third-order valence-electron chi connectivity index (χ3n) is 2.81. The predicted molar refractivity (Wildman–Crippen MR) is 84.3 cm³/mol. The van der Waals surface area contributed by atoms with Crippen molar-refractivity contribution in [1.29, 1.82) is 0 Å². The van der Waals surface area contributed by atoms with Gasteiger partial charge in [0, 0.05) is 16.2 Å². The largest absolute Gasteiger partial charge is 0.347 e. The second-order valence-corrected chi connectivity index (χ2v) is 6.36. The van der Waals surface area contributed by atoms with Crippen molar-refractivity contribution in [3.8, 4) is 0 Å². The number of hydrogen-bond donors (Lipinski definition) is 1. The van der Waals surface area contributed by atoms with E-state index < -0.39 is 0 Å². The average Bonchev–Trinajstić information content (AvgIpc) is 2.86. The van der Waals surface area contributed by atoms with Gasteiger partial charge < -0.3 is 5.32 Å². The molecule has 1 atom stereocenters. The molecule has 1 aromatic heterocycles. The van der Waals surface area contributed by atoms with E-state index in [1.54, 1.807) is 0 Å². The first-order valence-corrected chi connectivity index (χ1v) is 8.10. The Bertz CT molecular complexity index is 538. The highest BCUT2D eigenvalue weighted by molar-refractivity contribution is 9.09. The number of carbonyl (C=O) groups is 1. The normalized spacial score (nSPS) is 12.1. The number of alkyl halides is 1. The van der Waals surface area contributed by atoms with Crippen LogP contribution in [-0.2, 0) is 6.42 Å². The van der Waals surface area contributed by atoms with Crippen LogP contribution in [0, 0.1) is 6.92 Å². The van der Waals surface area contributed by atoms with Crippen LogP contribution in [0.15, 0.2) is 42.5 Å². The molecule has 2 nitrogen and oxygen atoms in total. The monoisotopic (exact) mass is 337 g/mol. The Morgan fingerprint density at radius 2 is 2.00 bits per heavy atom.